The molecule has 1 unspecified atom stereocenters. The van der Waals surface area contributed by atoms with Gasteiger partial charge in [0.1, 0.15) is 5.82 Å². The zero-order chi connectivity index (χ0) is 22.7. The van der Waals surface area contributed by atoms with E-state index in [2.05, 4.69) is 10.2 Å². The van der Waals surface area contributed by atoms with E-state index in [1.165, 1.54) is 12.1 Å². The summed E-state index contributed by atoms with van der Waals surface area (Å²) in [6.45, 7) is 4.71. The van der Waals surface area contributed by atoms with Crippen LogP contribution in [-0.4, -0.2) is 61.0 Å². The number of piperidine rings is 1. The Labute approximate surface area is 189 Å². The third kappa shape index (κ3) is 5.03. The second-order valence-corrected chi connectivity index (χ2v) is 8.81. The maximum atomic E-state index is 13.1. The molecule has 6 nitrogen and oxygen atoms in total. The van der Waals surface area contributed by atoms with Crippen LogP contribution in [0.5, 0.6) is 0 Å². The van der Waals surface area contributed by atoms with E-state index < -0.39 is 0 Å². The molecule has 1 atom stereocenters. The third-order valence-corrected chi connectivity index (χ3v) is 6.82. The highest BCUT2D eigenvalue weighted by atomic mass is 19.1. The molecule has 3 amide bonds. The minimum Gasteiger partial charge on any atom is -0.369 e. The van der Waals surface area contributed by atoms with E-state index in [9.17, 15) is 14.0 Å². The summed E-state index contributed by atoms with van der Waals surface area (Å²) in [5.41, 5.74) is 3.01. The zero-order valence-electron chi connectivity index (χ0n) is 18.8. The number of halogens is 1. The van der Waals surface area contributed by atoms with Gasteiger partial charge in [-0.3, -0.25) is 4.79 Å². The summed E-state index contributed by atoms with van der Waals surface area (Å²) < 4.78 is 13.1. The second-order valence-electron chi connectivity index (χ2n) is 8.81. The van der Waals surface area contributed by atoms with Crippen molar-refractivity contribution in [1.82, 2.24) is 9.80 Å². The fraction of sp³-hybridized carbons (Fsp3) is 0.440. The Morgan fingerprint density at radius 2 is 1.62 bits per heavy atom. The molecule has 2 saturated heterocycles. The van der Waals surface area contributed by atoms with Crippen LogP contribution in [0.2, 0.25) is 0 Å². The molecule has 1 N–H and O–H groups in total. The van der Waals surface area contributed by atoms with Gasteiger partial charge in [0.25, 0.3) is 0 Å². The Kier molecular flexibility index (Phi) is 6.63. The number of carbonyl (C=O) groups excluding carboxylic acids is 2. The van der Waals surface area contributed by atoms with Crippen LogP contribution >= 0.6 is 0 Å². The van der Waals surface area contributed by atoms with Crippen molar-refractivity contribution in [3.63, 3.8) is 0 Å². The van der Waals surface area contributed by atoms with Crippen LogP contribution in [0, 0.1) is 5.82 Å². The number of rotatable bonds is 4. The Hall–Kier alpha value is -3.09. The van der Waals surface area contributed by atoms with E-state index in [-0.39, 0.29) is 23.8 Å². The fourth-order valence-electron chi connectivity index (χ4n) is 4.66. The number of urea groups is 1. The Morgan fingerprint density at radius 1 is 0.969 bits per heavy atom. The lowest BCUT2D eigenvalue weighted by atomic mass is 9.89. The first-order valence-electron chi connectivity index (χ1n) is 11.3. The van der Waals surface area contributed by atoms with Crippen LogP contribution in [0.3, 0.4) is 0 Å². The number of hydrogen-bond acceptors (Lipinski definition) is 3. The average Bonchev–Trinajstić information content (AvgIpc) is 3.30. The maximum absolute atomic E-state index is 13.1. The number of amides is 3. The summed E-state index contributed by atoms with van der Waals surface area (Å²) in [5.74, 6) is 0.242. The predicted octanol–water partition coefficient (Wildman–Crippen LogP) is 4.29. The summed E-state index contributed by atoms with van der Waals surface area (Å²) in [6, 6.07) is 14.8. The van der Waals surface area contributed by atoms with E-state index >= 15 is 0 Å². The van der Waals surface area contributed by atoms with Gasteiger partial charge < -0.3 is 20.0 Å². The molecule has 0 saturated carbocycles. The number of nitrogens with one attached hydrogen (secondary N) is 1. The zero-order valence-corrected chi connectivity index (χ0v) is 18.8. The summed E-state index contributed by atoms with van der Waals surface area (Å²) in [4.78, 5) is 30.2. The molecule has 2 fully saturated rings. The topological polar surface area (TPSA) is 55.9 Å². The lowest BCUT2D eigenvalue weighted by Gasteiger charge is -2.32. The Bertz CT molecular complexity index is 939. The number of hydrogen-bond donors (Lipinski definition) is 1. The number of anilines is 2. The number of likely N-dealkylation sites (tertiary alicyclic amines) is 1. The van der Waals surface area contributed by atoms with Crippen molar-refractivity contribution in [2.45, 2.75) is 38.1 Å². The van der Waals surface area contributed by atoms with Gasteiger partial charge in [-0.05, 0) is 67.1 Å². The van der Waals surface area contributed by atoms with Crippen LogP contribution < -0.4 is 10.2 Å². The fourth-order valence-corrected chi connectivity index (χ4v) is 4.66. The number of likely N-dealkylation sites (N-methyl/N-ethyl adjacent to an activating group) is 1. The Balaban J connectivity index is 1.27. The average molecular weight is 439 g/mol. The number of benzene rings is 2. The summed E-state index contributed by atoms with van der Waals surface area (Å²) in [5, 5.41) is 3.00. The molecular weight excluding hydrogens is 407 g/mol. The molecule has 4 rings (SSSR count). The van der Waals surface area contributed by atoms with Crippen LogP contribution in [0.15, 0.2) is 48.5 Å². The van der Waals surface area contributed by atoms with Crippen LogP contribution in [0.4, 0.5) is 20.6 Å². The predicted molar refractivity (Wildman–Crippen MR) is 124 cm³/mol. The first-order valence-corrected chi connectivity index (χ1v) is 11.3. The van der Waals surface area contributed by atoms with Crippen molar-refractivity contribution in [1.29, 1.82) is 0 Å². The molecule has 7 heteroatoms. The second kappa shape index (κ2) is 9.59. The lowest BCUT2D eigenvalue weighted by Crippen LogP contribution is -2.40. The van der Waals surface area contributed by atoms with Gasteiger partial charge >= 0.3 is 6.03 Å². The molecule has 2 aliphatic rings. The van der Waals surface area contributed by atoms with Crippen LogP contribution in [0.25, 0.3) is 0 Å². The normalized spacial score (nSPS) is 19.2. The first-order chi connectivity index (χ1) is 15.4. The van der Waals surface area contributed by atoms with Gasteiger partial charge in [-0.2, -0.15) is 0 Å². The molecule has 2 aromatic carbocycles. The lowest BCUT2D eigenvalue weighted by molar-refractivity contribution is -0.129. The van der Waals surface area contributed by atoms with Gasteiger partial charge in [0.05, 0.1) is 6.04 Å². The molecule has 170 valence electrons. The van der Waals surface area contributed by atoms with E-state index in [0.717, 1.165) is 49.3 Å². The molecule has 32 heavy (non-hydrogen) atoms. The summed E-state index contributed by atoms with van der Waals surface area (Å²) in [6.07, 6.45) is 2.72. The van der Waals surface area contributed by atoms with Crippen molar-refractivity contribution in [3.8, 4) is 0 Å². The van der Waals surface area contributed by atoms with E-state index in [0.29, 0.717) is 19.0 Å². The SMILES string of the molecule is CC(=O)N(C)C1CCN(c2ccc(NC(=O)N3CCC(c4ccc(F)cc4)CC3)cc2)C1. The highest BCUT2D eigenvalue weighted by Gasteiger charge is 2.27. The molecule has 0 radical (unpaired) electrons. The molecular formula is C25H31FN4O2. The molecule has 0 bridgehead atoms. The Morgan fingerprint density at radius 3 is 2.25 bits per heavy atom. The summed E-state index contributed by atoms with van der Waals surface area (Å²) >= 11 is 0. The van der Waals surface area contributed by atoms with E-state index in [1.807, 2.05) is 53.2 Å². The molecule has 2 heterocycles. The van der Waals surface area contributed by atoms with Crippen molar-refractivity contribution in [2.24, 2.45) is 0 Å². The monoisotopic (exact) mass is 438 g/mol. The molecule has 0 spiro atoms. The van der Waals surface area contributed by atoms with Gasteiger partial charge in [0.2, 0.25) is 5.91 Å². The highest BCUT2D eigenvalue weighted by Crippen LogP contribution is 2.29. The van der Waals surface area contributed by atoms with Crippen LogP contribution in [-0.2, 0) is 4.79 Å². The van der Waals surface area contributed by atoms with Crippen LogP contribution in [0.1, 0.15) is 37.7 Å². The highest BCUT2D eigenvalue weighted by molar-refractivity contribution is 5.89. The minimum absolute atomic E-state index is 0.0837. The number of carbonyl (C=O) groups is 2. The standard InChI is InChI=1S/C25H31FN4O2/c1-18(31)28(2)24-13-16-30(17-24)23-9-7-22(8-10-23)27-25(32)29-14-11-20(12-15-29)19-3-5-21(26)6-4-19/h3-10,20,24H,11-17H2,1-2H3,(H,27,32). The van der Waals surface area contributed by atoms with Gasteiger partial charge in [0.15, 0.2) is 0 Å². The van der Waals surface area contributed by atoms with E-state index in [4.69, 9.17) is 0 Å². The molecule has 0 aliphatic carbocycles. The van der Waals surface area contributed by atoms with E-state index in [1.54, 1.807) is 6.92 Å². The van der Waals surface area contributed by atoms with Crippen molar-refractivity contribution >= 4 is 23.3 Å². The van der Waals surface area contributed by atoms with Gasteiger partial charge in [-0.15, -0.1) is 0 Å². The summed E-state index contributed by atoms with van der Waals surface area (Å²) in [7, 11) is 1.86. The molecule has 0 aromatic heterocycles. The van der Waals surface area contributed by atoms with Gasteiger partial charge in [0, 0.05) is 51.5 Å². The minimum atomic E-state index is -0.218. The van der Waals surface area contributed by atoms with Gasteiger partial charge in [-0.1, -0.05) is 12.1 Å². The molecule has 2 aliphatic heterocycles. The quantitative estimate of drug-likeness (QED) is 0.775. The molecule has 2 aromatic rings. The number of nitrogens with zero attached hydrogens (tertiary/aromatic N) is 3. The third-order valence-electron chi connectivity index (χ3n) is 6.82. The van der Waals surface area contributed by atoms with Crippen molar-refractivity contribution < 1.29 is 14.0 Å². The largest absolute Gasteiger partial charge is 0.369 e. The first kappa shape index (κ1) is 22.1. The van der Waals surface area contributed by atoms with Gasteiger partial charge in [-0.25, -0.2) is 9.18 Å². The smallest absolute Gasteiger partial charge is 0.321 e. The van der Waals surface area contributed by atoms with Crippen molar-refractivity contribution in [2.75, 3.05) is 43.4 Å². The van der Waals surface area contributed by atoms with Crippen molar-refractivity contribution in [3.05, 3.63) is 59.9 Å². The maximum Gasteiger partial charge on any atom is 0.321 e.